The van der Waals surface area contributed by atoms with Crippen LogP contribution in [0.5, 0.6) is 0 Å². The molecule has 9 heteroatoms. The summed E-state index contributed by atoms with van der Waals surface area (Å²) >= 11 is 5.84. The molecule has 3 rings (SSSR count). The average molecular weight is 420 g/mol. The van der Waals surface area contributed by atoms with Crippen LogP contribution in [0.4, 0.5) is 5.69 Å². The van der Waals surface area contributed by atoms with Gasteiger partial charge < -0.3 is 9.42 Å². The van der Waals surface area contributed by atoms with Gasteiger partial charge >= 0.3 is 0 Å². The second-order valence-corrected chi connectivity index (χ2v) is 8.96. The van der Waals surface area contributed by atoms with Crippen molar-refractivity contribution in [3.63, 3.8) is 0 Å². The molecule has 0 fully saturated rings. The van der Waals surface area contributed by atoms with Crippen LogP contribution in [0.25, 0.3) is 11.5 Å². The highest BCUT2D eigenvalue weighted by Crippen LogP contribution is 2.21. The predicted octanol–water partition coefficient (Wildman–Crippen LogP) is 3.36. The molecule has 28 heavy (non-hydrogen) atoms. The second-order valence-electron chi connectivity index (χ2n) is 6.20. The third kappa shape index (κ3) is 4.40. The van der Waals surface area contributed by atoms with E-state index in [2.05, 4.69) is 10.1 Å². The van der Waals surface area contributed by atoms with E-state index in [1.54, 1.807) is 48.5 Å². The number of carbonyl (C=O) groups is 1. The van der Waals surface area contributed by atoms with Crippen LogP contribution in [0.15, 0.2) is 59.1 Å². The third-order valence-corrected chi connectivity index (χ3v) is 6.44. The first-order chi connectivity index (χ1) is 13.3. The number of sulfone groups is 1. The number of amides is 1. The van der Waals surface area contributed by atoms with Gasteiger partial charge in [0.25, 0.3) is 5.89 Å². The van der Waals surface area contributed by atoms with Gasteiger partial charge in [0.15, 0.2) is 15.7 Å². The van der Waals surface area contributed by atoms with Gasteiger partial charge in [-0.15, -0.1) is 0 Å². The van der Waals surface area contributed by atoms with Crippen molar-refractivity contribution in [1.29, 1.82) is 0 Å². The monoisotopic (exact) mass is 419 g/mol. The van der Waals surface area contributed by atoms with Gasteiger partial charge in [-0.05, 0) is 43.3 Å². The standard InChI is InChI=1S/C19H18ClN3O4S/c1-13(19(24)23(2)16-6-4-3-5-7-16)28(25,26)12-17-21-18(27-22-17)14-8-10-15(20)11-9-14/h3-11,13H,12H2,1-2H3. The zero-order valence-corrected chi connectivity index (χ0v) is 16.8. The highest BCUT2D eigenvalue weighted by molar-refractivity contribution is 7.92. The number of nitrogens with zero attached hydrogens (tertiary/aromatic N) is 3. The van der Waals surface area contributed by atoms with Crippen LogP contribution in [-0.4, -0.2) is 36.8 Å². The number of anilines is 1. The van der Waals surface area contributed by atoms with Crippen molar-refractivity contribution in [2.24, 2.45) is 0 Å². The van der Waals surface area contributed by atoms with Crippen molar-refractivity contribution in [3.05, 3.63) is 65.4 Å². The Morgan fingerprint density at radius 1 is 1.14 bits per heavy atom. The summed E-state index contributed by atoms with van der Waals surface area (Å²) in [6.45, 7) is 1.36. The first kappa shape index (κ1) is 20.0. The van der Waals surface area contributed by atoms with Crippen molar-refractivity contribution in [2.75, 3.05) is 11.9 Å². The number of para-hydroxylation sites is 1. The molecule has 1 heterocycles. The van der Waals surface area contributed by atoms with Gasteiger partial charge in [0.2, 0.25) is 5.91 Å². The van der Waals surface area contributed by atoms with Gasteiger partial charge in [-0.3, -0.25) is 4.79 Å². The molecule has 3 aromatic rings. The molecule has 0 aliphatic rings. The first-order valence-corrected chi connectivity index (χ1v) is 10.5. The van der Waals surface area contributed by atoms with Crippen LogP contribution in [0, 0.1) is 0 Å². The molecular weight excluding hydrogens is 402 g/mol. The molecule has 0 bridgehead atoms. The van der Waals surface area contributed by atoms with Crippen LogP contribution in [-0.2, 0) is 20.4 Å². The van der Waals surface area contributed by atoms with Crippen LogP contribution in [0.3, 0.4) is 0 Å². The van der Waals surface area contributed by atoms with E-state index in [-0.39, 0.29) is 11.7 Å². The molecule has 1 unspecified atom stereocenters. The Labute approximate surface area is 167 Å². The Hall–Kier alpha value is -2.71. The molecule has 0 N–H and O–H groups in total. The Morgan fingerprint density at radius 3 is 2.43 bits per heavy atom. The minimum atomic E-state index is -3.84. The quantitative estimate of drug-likeness (QED) is 0.608. The SMILES string of the molecule is CC(C(=O)N(C)c1ccccc1)S(=O)(=O)Cc1noc(-c2ccc(Cl)cc2)n1. The van der Waals surface area contributed by atoms with E-state index >= 15 is 0 Å². The molecule has 0 aliphatic heterocycles. The van der Waals surface area contributed by atoms with Crippen molar-refractivity contribution >= 4 is 33.0 Å². The van der Waals surface area contributed by atoms with Crippen LogP contribution in [0.1, 0.15) is 12.7 Å². The highest BCUT2D eigenvalue weighted by atomic mass is 35.5. The molecule has 0 aliphatic carbocycles. The zero-order valence-electron chi connectivity index (χ0n) is 15.2. The number of hydrogen-bond acceptors (Lipinski definition) is 6. The van der Waals surface area contributed by atoms with Gasteiger partial charge in [0.05, 0.1) is 0 Å². The molecule has 0 saturated heterocycles. The molecule has 0 spiro atoms. The summed E-state index contributed by atoms with van der Waals surface area (Å²) in [5, 5.41) is 3.02. The normalized spacial score (nSPS) is 12.5. The number of hydrogen-bond donors (Lipinski definition) is 0. The first-order valence-electron chi connectivity index (χ1n) is 8.40. The largest absolute Gasteiger partial charge is 0.334 e. The van der Waals surface area contributed by atoms with Gasteiger partial charge in [0.1, 0.15) is 11.0 Å². The van der Waals surface area contributed by atoms with Crippen molar-refractivity contribution in [2.45, 2.75) is 17.9 Å². The van der Waals surface area contributed by atoms with E-state index in [1.807, 2.05) is 6.07 Å². The Kier molecular flexibility index (Phi) is 5.81. The molecular formula is C19H18ClN3O4S. The minimum Gasteiger partial charge on any atom is -0.334 e. The lowest BCUT2D eigenvalue weighted by Crippen LogP contribution is -2.40. The maximum absolute atomic E-state index is 12.7. The maximum atomic E-state index is 12.7. The molecule has 146 valence electrons. The van der Waals surface area contributed by atoms with Gasteiger partial charge in [-0.1, -0.05) is 35.0 Å². The maximum Gasteiger partial charge on any atom is 0.257 e. The van der Waals surface area contributed by atoms with E-state index in [0.29, 0.717) is 16.3 Å². The number of benzene rings is 2. The summed E-state index contributed by atoms with van der Waals surface area (Å²) in [7, 11) is -2.30. The van der Waals surface area contributed by atoms with Crippen LogP contribution >= 0.6 is 11.6 Å². The summed E-state index contributed by atoms with van der Waals surface area (Å²) in [5.74, 6) is -0.860. The van der Waals surface area contributed by atoms with E-state index in [0.717, 1.165) is 0 Å². The highest BCUT2D eigenvalue weighted by Gasteiger charge is 2.32. The topological polar surface area (TPSA) is 93.4 Å². The average Bonchev–Trinajstić information content (AvgIpc) is 3.15. The number of aromatic nitrogens is 2. The van der Waals surface area contributed by atoms with Gasteiger partial charge in [0, 0.05) is 23.3 Å². The zero-order chi connectivity index (χ0) is 20.3. The molecule has 1 atom stereocenters. The third-order valence-electron chi connectivity index (χ3n) is 4.25. The fraction of sp³-hybridized carbons (Fsp3) is 0.211. The van der Waals surface area contributed by atoms with Crippen molar-refractivity contribution < 1.29 is 17.7 Å². The van der Waals surface area contributed by atoms with Crippen molar-refractivity contribution in [1.82, 2.24) is 10.1 Å². The predicted molar refractivity (Wildman–Crippen MR) is 107 cm³/mol. The molecule has 1 amide bonds. The minimum absolute atomic E-state index is 0.00744. The van der Waals surface area contributed by atoms with E-state index in [1.165, 1.54) is 18.9 Å². The molecule has 0 radical (unpaired) electrons. The Balaban J connectivity index is 1.74. The van der Waals surface area contributed by atoms with Crippen LogP contribution < -0.4 is 4.90 Å². The summed E-state index contributed by atoms with van der Waals surface area (Å²) in [4.78, 5) is 18.0. The number of rotatable bonds is 6. The summed E-state index contributed by atoms with van der Waals surface area (Å²) in [5.41, 5.74) is 1.23. The van der Waals surface area contributed by atoms with Gasteiger partial charge in [-0.25, -0.2) is 8.42 Å². The lowest BCUT2D eigenvalue weighted by Gasteiger charge is -2.21. The Bertz CT molecular complexity index is 1070. The summed E-state index contributed by atoms with van der Waals surface area (Å²) in [6, 6.07) is 15.5. The smallest absolute Gasteiger partial charge is 0.257 e. The number of carbonyl (C=O) groups excluding carboxylic acids is 1. The van der Waals surface area contributed by atoms with Crippen molar-refractivity contribution in [3.8, 4) is 11.5 Å². The van der Waals surface area contributed by atoms with Gasteiger partial charge in [-0.2, -0.15) is 4.98 Å². The molecule has 0 saturated carbocycles. The summed E-state index contributed by atoms with van der Waals surface area (Å²) < 4.78 is 30.5. The molecule has 1 aromatic heterocycles. The molecule has 2 aromatic carbocycles. The fourth-order valence-corrected chi connectivity index (χ4v) is 3.85. The summed E-state index contributed by atoms with van der Waals surface area (Å²) in [6.07, 6.45) is 0. The van der Waals surface area contributed by atoms with E-state index in [9.17, 15) is 13.2 Å². The lowest BCUT2D eigenvalue weighted by molar-refractivity contribution is -0.117. The molecule has 7 nitrogen and oxygen atoms in total. The fourth-order valence-electron chi connectivity index (χ4n) is 2.53. The van der Waals surface area contributed by atoms with E-state index < -0.39 is 26.7 Å². The van der Waals surface area contributed by atoms with Crippen LogP contribution in [0.2, 0.25) is 5.02 Å². The lowest BCUT2D eigenvalue weighted by atomic mass is 10.2. The van der Waals surface area contributed by atoms with E-state index in [4.69, 9.17) is 16.1 Å². The second kappa shape index (κ2) is 8.12. The number of halogens is 1. The Morgan fingerprint density at radius 2 is 1.79 bits per heavy atom.